The minimum atomic E-state index is -1.15. The number of pyridine rings is 1. The quantitative estimate of drug-likeness (QED) is 0.458. The third kappa shape index (κ3) is 6.54. The van der Waals surface area contributed by atoms with Crippen molar-refractivity contribution in [1.29, 1.82) is 0 Å². The van der Waals surface area contributed by atoms with Gasteiger partial charge in [-0.15, -0.1) is 0 Å². The van der Waals surface area contributed by atoms with Gasteiger partial charge >= 0.3 is 0 Å². The Labute approximate surface area is 195 Å². The number of ether oxygens (including phenoxy) is 2. The maximum absolute atomic E-state index is 13.1. The Morgan fingerprint density at radius 2 is 1.70 bits per heavy atom. The number of alkyl halides is 1. The number of hydrogen-bond acceptors (Lipinski definition) is 4. The van der Waals surface area contributed by atoms with Crippen LogP contribution in [0.1, 0.15) is 43.4 Å². The maximum atomic E-state index is 13.1. The van der Waals surface area contributed by atoms with Crippen LogP contribution in [0.2, 0.25) is 0 Å². The molecular formula is C27H31FN2O3. The third-order valence-corrected chi connectivity index (χ3v) is 5.66. The molecule has 33 heavy (non-hydrogen) atoms. The Bertz CT molecular complexity index is 1020. The maximum Gasteiger partial charge on any atom is 0.263 e. The van der Waals surface area contributed by atoms with Gasteiger partial charge in [0.25, 0.3) is 5.91 Å². The van der Waals surface area contributed by atoms with Crippen molar-refractivity contribution in [3.8, 4) is 11.6 Å². The zero-order chi connectivity index (χ0) is 23.8. The molecule has 2 atom stereocenters. The van der Waals surface area contributed by atoms with Crippen LogP contribution in [0.3, 0.4) is 0 Å². The molecule has 2 aromatic carbocycles. The van der Waals surface area contributed by atoms with Gasteiger partial charge in [0, 0.05) is 29.8 Å². The molecule has 3 rings (SSSR count). The second-order valence-corrected chi connectivity index (χ2v) is 8.58. The zero-order valence-corrected chi connectivity index (χ0v) is 19.5. The van der Waals surface area contributed by atoms with E-state index in [-0.39, 0.29) is 23.7 Å². The van der Waals surface area contributed by atoms with Gasteiger partial charge in [-0.1, -0.05) is 42.5 Å². The number of amides is 1. The number of rotatable bonds is 10. The molecule has 0 fully saturated rings. The van der Waals surface area contributed by atoms with E-state index in [1.165, 1.54) is 6.20 Å². The van der Waals surface area contributed by atoms with Crippen molar-refractivity contribution < 1.29 is 18.7 Å². The van der Waals surface area contributed by atoms with Crippen molar-refractivity contribution in [3.63, 3.8) is 0 Å². The standard InChI is InChI=1S/C27H31FN2O3/c1-19(30-26(31)27(2,3)33-25-15-12-21(17-28)18-29-25)24(22-8-6-5-7-9-22)16-20-10-13-23(32-4)14-11-20/h5-15,18-19,24H,16-17H2,1-4H3,(H,30,31). The van der Waals surface area contributed by atoms with E-state index in [0.29, 0.717) is 5.56 Å². The lowest BCUT2D eigenvalue weighted by molar-refractivity contribution is -0.135. The Kier molecular flexibility index (Phi) is 8.04. The average Bonchev–Trinajstić information content (AvgIpc) is 2.83. The minimum Gasteiger partial charge on any atom is -0.497 e. The van der Waals surface area contributed by atoms with E-state index in [1.807, 2.05) is 49.4 Å². The van der Waals surface area contributed by atoms with Gasteiger partial charge in [0.1, 0.15) is 12.4 Å². The predicted octanol–water partition coefficient (Wildman–Crippen LogP) is 5.25. The van der Waals surface area contributed by atoms with E-state index in [0.717, 1.165) is 23.3 Å². The lowest BCUT2D eigenvalue weighted by Gasteiger charge is -2.30. The number of aromatic nitrogens is 1. The third-order valence-electron chi connectivity index (χ3n) is 5.66. The molecule has 2 unspecified atom stereocenters. The molecule has 3 aromatic rings. The molecule has 0 aliphatic carbocycles. The van der Waals surface area contributed by atoms with Crippen LogP contribution in [0.15, 0.2) is 72.9 Å². The molecule has 0 saturated heterocycles. The van der Waals surface area contributed by atoms with Gasteiger partial charge in [-0.25, -0.2) is 9.37 Å². The lowest BCUT2D eigenvalue weighted by atomic mass is 9.86. The molecule has 1 heterocycles. The highest BCUT2D eigenvalue weighted by molar-refractivity contribution is 5.85. The van der Waals surface area contributed by atoms with E-state index >= 15 is 0 Å². The summed E-state index contributed by atoms with van der Waals surface area (Å²) in [6, 6.07) is 21.1. The monoisotopic (exact) mass is 450 g/mol. The number of halogens is 1. The highest BCUT2D eigenvalue weighted by Gasteiger charge is 2.33. The van der Waals surface area contributed by atoms with E-state index in [1.54, 1.807) is 33.1 Å². The number of carbonyl (C=O) groups excluding carboxylic acids is 1. The van der Waals surface area contributed by atoms with Crippen LogP contribution in [0.4, 0.5) is 4.39 Å². The Hall–Kier alpha value is -3.41. The first-order chi connectivity index (χ1) is 15.8. The van der Waals surface area contributed by atoms with Crippen LogP contribution in [-0.2, 0) is 17.9 Å². The molecule has 0 saturated carbocycles. The number of benzene rings is 2. The molecular weight excluding hydrogens is 419 g/mol. The Morgan fingerprint density at radius 1 is 1.03 bits per heavy atom. The number of carbonyl (C=O) groups is 1. The second-order valence-electron chi connectivity index (χ2n) is 8.58. The number of nitrogens with one attached hydrogen (secondary N) is 1. The molecule has 6 heteroatoms. The average molecular weight is 451 g/mol. The minimum absolute atomic E-state index is 0.0568. The van der Waals surface area contributed by atoms with Gasteiger partial charge in [-0.2, -0.15) is 0 Å². The molecule has 5 nitrogen and oxygen atoms in total. The summed E-state index contributed by atoms with van der Waals surface area (Å²) >= 11 is 0. The Balaban J connectivity index is 1.74. The fourth-order valence-corrected chi connectivity index (χ4v) is 3.64. The largest absolute Gasteiger partial charge is 0.497 e. The molecule has 0 bridgehead atoms. The van der Waals surface area contributed by atoms with Crippen LogP contribution in [0.25, 0.3) is 0 Å². The summed E-state index contributed by atoms with van der Waals surface area (Å²) in [5.41, 5.74) is 1.60. The van der Waals surface area contributed by atoms with Gasteiger partial charge in [0.2, 0.25) is 5.88 Å². The summed E-state index contributed by atoms with van der Waals surface area (Å²) in [5.74, 6) is 0.893. The van der Waals surface area contributed by atoms with E-state index in [4.69, 9.17) is 9.47 Å². The molecule has 174 valence electrons. The van der Waals surface area contributed by atoms with Crippen molar-refractivity contribution in [3.05, 3.63) is 89.6 Å². The molecule has 0 aliphatic heterocycles. The highest BCUT2D eigenvalue weighted by Crippen LogP contribution is 2.26. The zero-order valence-electron chi connectivity index (χ0n) is 19.5. The second kappa shape index (κ2) is 10.9. The predicted molar refractivity (Wildman–Crippen MR) is 127 cm³/mol. The van der Waals surface area contributed by atoms with Crippen LogP contribution in [0.5, 0.6) is 11.6 Å². The summed E-state index contributed by atoms with van der Waals surface area (Å²) in [4.78, 5) is 17.2. The first kappa shape index (κ1) is 24.2. The fourth-order valence-electron chi connectivity index (χ4n) is 3.64. The fraction of sp³-hybridized carbons (Fsp3) is 0.333. The number of nitrogens with zero attached hydrogens (tertiary/aromatic N) is 1. The number of hydrogen-bond donors (Lipinski definition) is 1. The van der Waals surface area contributed by atoms with E-state index < -0.39 is 12.3 Å². The highest BCUT2D eigenvalue weighted by atomic mass is 19.1. The van der Waals surface area contributed by atoms with Crippen molar-refractivity contribution in [2.45, 2.75) is 51.4 Å². The van der Waals surface area contributed by atoms with Crippen LogP contribution in [-0.4, -0.2) is 29.6 Å². The summed E-state index contributed by atoms with van der Waals surface area (Å²) in [5, 5.41) is 3.13. The molecule has 1 amide bonds. The van der Waals surface area contributed by atoms with Crippen LogP contribution >= 0.6 is 0 Å². The smallest absolute Gasteiger partial charge is 0.263 e. The van der Waals surface area contributed by atoms with E-state index in [2.05, 4.69) is 22.4 Å². The summed E-state index contributed by atoms with van der Waals surface area (Å²) < 4.78 is 23.8. The number of methoxy groups -OCH3 is 1. The topological polar surface area (TPSA) is 60.5 Å². The van der Waals surface area contributed by atoms with Gasteiger partial charge in [0.05, 0.1) is 7.11 Å². The molecule has 0 spiro atoms. The van der Waals surface area contributed by atoms with Crippen LogP contribution in [0, 0.1) is 0 Å². The van der Waals surface area contributed by atoms with Crippen molar-refractivity contribution in [1.82, 2.24) is 10.3 Å². The van der Waals surface area contributed by atoms with Crippen molar-refractivity contribution in [2.75, 3.05) is 7.11 Å². The Morgan fingerprint density at radius 3 is 2.27 bits per heavy atom. The lowest BCUT2D eigenvalue weighted by Crippen LogP contribution is -2.51. The first-order valence-electron chi connectivity index (χ1n) is 11.0. The van der Waals surface area contributed by atoms with Crippen molar-refractivity contribution in [2.24, 2.45) is 0 Å². The normalized spacial score (nSPS) is 13.1. The summed E-state index contributed by atoms with van der Waals surface area (Å²) in [7, 11) is 1.65. The van der Waals surface area contributed by atoms with Gasteiger partial charge < -0.3 is 14.8 Å². The molecule has 1 N–H and O–H groups in total. The van der Waals surface area contributed by atoms with Gasteiger partial charge in [0.15, 0.2) is 5.60 Å². The summed E-state index contributed by atoms with van der Waals surface area (Å²) in [6.07, 6.45) is 2.16. The molecule has 0 radical (unpaired) electrons. The van der Waals surface area contributed by atoms with Gasteiger partial charge in [-0.3, -0.25) is 4.79 Å². The van der Waals surface area contributed by atoms with Gasteiger partial charge in [-0.05, 0) is 56.5 Å². The summed E-state index contributed by atoms with van der Waals surface area (Å²) in [6.45, 7) is 4.80. The van der Waals surface area contributed by atoms with E-state index in [9.17, 15) is 9.18 Å². The van der Waals surface area contributed by atoms with Crippen LogP contribution < -0.4 is 14.8 Å². The first-order valence-corrected chi connectivity index (χ1v) is 11.0. The molecule has 1 aromatic heterocycles. The molecule has 0 aliphatic rings. The van der Waals surface area contributed by atoms with Crippen molar-refractivity contribution >= 4 is 5.91 Å². The SMILES string of the molecule is COc1ccc(CC(c2ccccc2)C(C)NC(=O)C(C)(C)Oc2ccc(CF)cn2)cc1.